The molecule has 0 unspecified atom stereocenters. The number of hydrogen-bond donors (Lipinski definition) is 1. The Kier molecular flexibility index (Phi) is 6.10. The van der Waals surface area contributed by atoms with E-state index in [0.29, 0.717) is 19.1 Å². The molecular weight excluding hydrogens is 274 g/mol. The molecule has 0 saturated carbocycles. The molecule has 116 valence electrons. The van der Waals surface area contributed by atoms with Gasteiger partial charge in [-0.1, -0.05) is 36.4 Å². The monoisotopic (exact) mass is 297 g/mol. The fraction of sp³-hybridized carbons (Fsp3) is 0.333. The first-order valence-electron chi connectivity index (χ1n) is 7.59. The number of carbonyl (C=O) groups is 1. The molecule has 1 amide bonds. The van der Waals surface area contributed by atoms with E-state index in [-0.39, 0.29) is 5.91 Å². The van der Waals surface area contributed by atoms with Crippen molar-refractivity contribution in [3.8, 4) is 0 Å². The predicted molar refractivity (Wildman–Crippen MR) is 88.1 cm³/mol. The number of carbonyl (C=O) groups excluding carboxylic acids is 1. The van der Waals surface area contributed by atoms with Crippen LogP contribution in [0, 0.1) is 0 Å². The summed E-state index contributed by atoms with van der Waals surface area (Å²) in [6.45, 7) is 5.84. The zero-order chi connectivity index (χ0) is 15.8. The Hall–Kier alpha value is -2.20. The highest BCUT2D eigenvalue weighted by Crippen LogP contribution is 2.07. The molecule has 2 aromatic rings. The van der Waals surface area contributed by atoms with Gasteiger partial charge in [-0.3, -0.25) is 14.7 Å². The molecule has 0 saturated heterocycles. The van der Waals surface area contributed by atoms with Gasteiger partial charge in [0.15, 0.2) is 0 Å². The third-order valence-electron chi connectivity index (χ3n) is 3.50. The Morgan fingerprint density at radius 2 is 1.86 bits per heavy atom. The molecule has 0 aliphatic rings. The van der Waals surface area contributed by atoms with Crippen molar-refractivity contribution in [3.63, 3.8) is 0 Å². The van der Waals surface area contributed by atoms with Crippen LogP contribution >= 0.6 is 0 Å². The molecule has 0 atom stereocenters. The molecule has 0 radical (unpaired) electrons. The van der Waals surface area contributed by atoms with E-state index in [1.165, 1.54) is 5.56 Å². The summed E-state index contributed by atoms with van der Waals surface area (Å²) >= 11 is 0. The van der Waals surface area contributed by atoms with E-state index in [4.69, 9.17) is 0 Å². The van der Waals surface area contributed by atoms with Crippen molar-refractivity contribution in [3.05, 3.63) is 66.0 Å². The zero-order valence-corrected chi connectivity index (χ0v) is 13.2. The lowest BCUT2D eigenvalue weighted by molar-refractivity contribution is -0.123. The van der Waals surface area contributed by atoms with Gasteiger partial charge in [-0.15, -0.1) is 0 Å². The molecule has 0 aliphatic heterocycles. The Labute approximate surface area is 132 Å². The van der Waals surface area contributed by atoms with E-state index in [2.05, 4.69) is 41.2 Å². The fourth-order valence-corrected chi connectivity index (χ4v) is 2.17. The first kappa shape index (κ1) is 16.2. The highest BCUT2D eigenvalue weighted by atomic mass is 16.2. The zero-order valence-electron chi connectivity index (χ0n) is 13.2. The molecule has 4 nitrogen and oxygen atoms in total. The summed E-state index contributed by atoms with van der Waals surface area (Å²) in [5, 5.41) is 2.93. The molecule has 0 aliphatic carbocycles. The van der Waals surface area contributed by atoms with Crippen LogP contribution in [0.3, 0.4) is 0 Å². The van der Waals surface area contributed by atoms with E-state index in [0.717, 1.165) is 12.2 Å². The summed E-state index contributed by atoms with van der Waals surface area (Å²) in [7, 11) is 0. The van der Waals surface area contributed by atoms with Crippen LogP contribution in [0.2, 0.25) is 0 Å². The van der Waals surface area contributed by atoms with Crippen LogP contribution in [0.25, 0.3) is 0 Å². The van der Waals surface area contributed by atoms with E-state index >= 15 is 0 Å². The SMILES string of the molecule is CC(C)N(CC(=O)NCc1ccccn1)Cc1ccccc1. The van der Waals surface area contributed by atoms with Gasteiger partial charge in [-0.2, -0.15) is 0 Å². The Balaban J connectivity index is 1.86. The van der Waals surface area contributed by atoms with Crippen molar-refractivity contribution >= 4 is 5.91 Å². The minimum atomic E-state index is 0.0234. The number of hydrogen-bond acceptors (Lipinski definition) is 3. The molecule has 1 heterocycles. The van der Waals surface area contributed by atoms with Gasteiger partial charge in [0, 0.05) is 18.8 Å². The average molecular weight is 297 g/mol. The third kappa shape index (κ3) is 5.30. The van der Waals surface area contributed by atoms with Crippen molar-refractivity contribution in [1.82, 2.24) is 15.2 Å². The molecule has 1 aromatic heterocycles. The fourth-order valence-electron chi connectivity index (χ4n) is 2.17. The number of amides is 1. The van der Waals surface area contributed by atoms with Crippen LogP contribution in [-0.2, 0) is 17.9 Å². The maximum Gasteiger partial charge on any atom is 0.234 e. The minimum Gasteiger partial charge on any atom is -0.349 e. The normalized spacial score (nSPS) is 10.9. The second-order valence-corrected chi connectivity index (χ2v) is 5.58. The number of rotatable bonds is 7. The maximum atomic E-state index is 12.1. The van der Waals surface area contributed by atoms with Gasteiger partial charge >= 0.3 is 0 Å². The van der Waals surface area contributed by atoms with Crippen molar-refractivity contribution in [2.24, 2.45) is 0 Å². The molecule has 2 rings (SSSR count). The number of benzene rings is 1. The molecule has 4 heteroatoms. The van der Waals surface area contributed by atoms with Crippen LogP contribution in [0.1, 0.15) is 25.1 Å². The summed E-state index contributed by atoms with van der Waals surface area (Å²) in [5.74, 6) is 0.0234. The third-order valence-corrected chi connectivity index (χ3v) is 3.50. The van der Waals surface area contributed by atoms with E-state index in [1.807, 2.05) is 36.4 Å². The van der Waals surface area contributed by atoms with Crippen LogP contribution in [0.4, 0.5) is 0 Å². The van der Waals surface area contributed by atoms with Crippen LogP contribution < -0.4 is 5.32 Å². The highest BCUT2D eigenvalue weighted by molar-refractivity contribution is 5.78. The number of pyridine rings is 1. The van der Waals surface area contributed by atoms with Crippen LogP contribution in [-0.4, -0.2) is 28.4 Å². The molecule has 0 fully saturated rings. The molecule has 22 heavy (non-hydrogen) atoms. The maximum absolute atomic E-state index is 12.1. The standard InChI is InChI=1S/C18H23N3O/c1-15(2)21(13-16-8-4-3-5-9-16)14-18(22)20-12-17-10-6-7-11-19-17/h3-11,15H,12-14H2,1-2H3,(H,20,22). The summed E-state index contributed by atoms with van der Waals surface area (Å²) in [6.07, 6.45) is 1.73. The van der Waals surface area contributed by atoms with Crippen molar-refractivity contribution < 1.29 is 4.79 Å². The molecule has 0 bridgehead atoms. The van der Waals surface area contributed by atoms with E-state index < -0.39 is 0 Å². The summed E-state index contributed by atoms with van der Waals surface area (Å²) < 4.78 is 0. The second kappa shape index (κ2) is 8.29. The first-order chi connectivity index (χ1) is 10.6. The van der Waals surface area contributed by atoms with Crippen molar-refractivity contribution in [1.29, 1.82) is 0 Å². The van der Waals surface area contributed by atoms with Crippen molar-refractivity contribution in [2.45, 2.75) is 33.0 Å². The number of nitrogens with zero attached hydrogens (tertiary/aromatic N) is 2. The van der Waals surface area contributed by atoms with Crippen molar-refractivity contribution in [2.75, 3.05) is 6.54 Å². The minimum absolute atomic E-state index is 0.0234. The van der Waals surface area contributed by atoms with Gasteiger partial charge in [0.2, 0.25) is 5.91 Å². The number of aromatic nitrogens is 1. The Morgan fingerprint density at radius 1 is 1.14 bits per heavy atom. The second-order valence-electron chi connectivity index (χ2n) is 5.58. The van der Waals surface area contributed by atoms with Gasteiger partial charge in [-0.25, -0.2) is 0 Å². The molecular formula is C18H23N3O. The van der Waals surface area contributed by atoms with Gasteiger partial charge < -0.3 is 5.32 Å². The van der Waals surface area contributed by atoms with Gasteiger partial charge in [0.05, 0.1) is 18.8 Å². The van der Waals surface area contributed by atoms with Crippen LogP contribution in [0.5, 0.6) is 0 Å². The lowest BCUT2D eigenvalue weighted by Gasteiger charge is -2.25. The summed E-state index contributed by atoms with van der Waals surface area (Å²) in [4.78, 5) is 18.5. The first-order valence-corrected chi connectivity index (χ1v) is 7.59. The van der Waals surface area contributed by atoms with Gasteiger partial charge in [0.1, 0.15) is 0 Å². The van der Waals surface area contributed by atoms with Crippen LogP contribution in [0.15, 0.2) is 54.7 Å². The topological polar surface area (TPSA) is 45.2 Å². The van der Waals surface area contributed by atoms with Gasteiger partial charge in [0.25, 0.3) is 0 Å². The average Bonchev–Trinajstić information content (AvgIpc) is 2.54. The van der Waals surface area contributed by atoms with E-state index in [1.54, 1.807) is 6.20 Å². The largest absolute Gasteiger partial charge is 0.349 e. The Bertz CT molecular complexity index is 569. The quantitative estimate of drug-likeness (QED) is 0.854. The van der Waals surface area contributed by atoms with Gasteiger partial charge in [-0.05, 0) is 31.5 Å². The smallest absolute Gasteiger partial charge is 0.234 e. The lowest BCUT2D eigenvalue weighted by atomic mass is 10.2. The molecule has 0 spiro atoms. The summed E-state index contributed by atoms with van der Waals surface area (Å²) in [6, 6.07) is 16.2. The number of nitrogens with one attached hydrogen (secondary N) is 1. The highest BCUT2D eigenvalue weighted by Gasteiger charge is 2.14. The van der Waals surface area contributed by atoms with E-state index in [9.17, 15) is 4.79 Å². The summed E-state index contributed by atoms with van der Waals surface area (Å²) in [5.41, 5.74) is 2.09. The lowest BCUT2D eigenvalue weighted by Crippen LogP contribution is -2.40. The molecule has 1 aromatic carbocycles. The Morgan fingerprint density at radius 3 is 2.50 bits per heavy atom. The molecule has 1 N–H and O–H groups in total. The predicted octanol–water partition coefficient (Wildman–Crippen LogP) is 2.61.